The fourth-order valence-corrected chi connectivity index (χ4v) is 10.5. The number of aromatic amines is 2. The van der Waals surface area contributed by atoms with Crippen molar-refractivity contribution in [1.82, 2.24) is 29.9 Å². The van der Waals surface area contributed by atoms with Crippen molar-refractivity contribution >= 4 is 125 Å². The van der Waals surface area contributed by atoms with E-state index in [1.807, 2.05) is 72.9 Å². The molecular formula is C64H47Cl2N13O6S. The number of rotatable bonds is 19. The predicted molar refractivity (Wildman–Crippen MR) is 336 cm³/mol. The molecular weight excluding hydrogens is 1150 g/mol. The molecule has 4 heterocycles. The fraction of sp³-hybridized carbons (Fsp3) is 0.0312. The number of fused-ring (bicyclic) bond motifs is 2. The Labute approximate surface area is 502 Å². The number of nitriles is 1. The molecule has 7 N–H and O–H groups in total. The number of para-hydroxylation sites is 1. The van der Waals surface area contributed by atoms with E-state index in [0.717, 1.165) is 32.9 Å². The normalized spacial score (nSPS) is 11.5. The van der Waals surface area contributed by atoms with Crippen molar-refractivity contribution in [2.75, 3.05) is 44.5 Å². The van der Waals surface area contributed by atoms with Gasteiger partial charge in [-0.2, -0.15) is 5.26 Å². The maximum absolute atomic E-state index is 13.6. The minimum absolute atomic E-state index is 0.0209. The molecule has 0 bridgehead atoms. The second kappa shape index (κ2) is 25.2. The van der Waals surface area contributed by atoms with E-state index in [1.54, 1.807) is 104 Å². The van der Waals surface area contributed by atoms with Gasteiger partial charge in [0.05, 0.1) is 44.4 Å². The smallest absolute Gasteiger partial charge is 0.266 e. The second-order valence-electron chi connectivity index (χ2n) is 19.1. The number of H-pyrrole nitrogens is 2. The van der Waals surface area contributed by atoms with Crippen LogP contribution in [0.15, 0.2) is 217 Å². The number of carbonyl (C=O) groups is 3. The monoisotopic (exact) mass is 1200 g/mol. The standard InChI is InChI=1S/C64H47Cl2N13O6S/c1-79(62(82)40-19-21-43(22-20-40)73-61(81)41(34-67)30-39-10-3-2-4-11-39)47-15-8-13-45(32-47)75-64-71-38-55(66)60(77-64)53-36-69-57-33-48(25-28-51(53)57)85-29-9-18-58(80)72-42-23-26-49(27-24-42)86(83,84)78-46-14-7-12-44(31-46)74-63-70-37-54(65)59(76-63)52-35-68-56-17-6-5-16-50(52)56/h2-28,30-33,35-38,68-69,78H,29H2,1H3,(H,72,80)(H,73,81)(H,70,74,76)(H,71,75,77)/b18-9+,41-30-. The highest BCUT2D eigenvalue weighted by Gasteiger charge is 2.20. The highest BCUT2D eigenvalue weighted by atomic mass is 35.5. The molecule has 0 aliphatic heterocycles. The van der Waals surface area contributed by atoms with E-state index >= 15 is 0 Å². The van der Waals surface area contributed by atoms with Crippen LogP contribution in [0.1, 0.15) is 15.9 Å². The van der Waals surface area contributed by atoms with E-state index < -0.39 is 21.8 Å². The van der Waals surface area contributed by atoms with Gasteiger partial charge in [-0.25, -0.2) is 28.4 Å². The van der Waals surface area contributed by atoms with Crippen LogP contribution in [0, 0.1) is 11.3 Å². The van der Waals surface area contributed by atoms with E-state index in [1.165, 1.54) is 53.7 Å². The first kappa shape index (κ1) is 56.7. The Morgan fingerprint density at radius 2 is 1.26 bits per heavy atom. The number of sulfonamides is 1. The molecule has 11 aromatic rings. The summed E-state index contributed by atoms with van der Waals surface area (Å²) in [7, 11) is -2.38. The third-order valence-corrected chi connectivity index (χ3v) is 15.3. The number of aromatic nitrogens is 6. The third-order valence-electron chi connectivity index (χ3n) is 13.3. The van der Waals surface area contributed by atoms with Crippen LogP contribution in [0.4, 0.5) is 46.0 Å². The van der Waals surface area contributed by atoms with Crippen molar-refractivity contribution in [3.05, 3.63) is 234 Å². The van der Waals surface area contributed by atoms with Gasteiger partial charge in [-0.05, 0) is 121 Å². The summed E-state index contributed by atoms with van der Waals surface area (Å²) in [5, 5.41) is 23.8. The SMILES string of the molecule is CN(C(=O)c1ccc(NC(=O)/C(C#N)=C\c2ccccc2)cc1)c1cccc(Nc2ncc(Cl)c(-c3c[nH]c4cc(OC/C=C/C(=O)Nc5ccc(S(=O)(=O)Nc6cccc(Nc7ncc(Cl)c(-c8c[nH]c9ccccc89)n7)c6)cc5)ccc34)n2)c1. The van der Waals surface area contributed by atoms with E-state index in [0.29, 0.717) is 72.4 Å². The van der Waals surface area contributed by atoms with Crippen LogP contribution in [-0.4, -0.2) is 69.7 Å². The first-order chi connectivity index (χ1) is 41.7. The van der Waals surface area contributed by atoms with Crippen molar-refractivity contribution in [3.8, 4) is 34.3 Å². The molecule has 0 aliphatic rings. The maximum atomic E-state index is 13.6. The summed E-state index contributed by atoms with van der Waals surface area (Å²) in [6.07, 6.45) is 11.0. The van der Waals surface area contributed by atoms with E-state index in [2.05, 4.69) is 50.9 Å². The predicted octanol–water partition coefficient (Wildman–Crippen LogP) is 13.6. The van der Waals surface area contributed by atoms with Gasteiger partial charge >= 0.3 is 0 Å². The van der Waals surface area contributed by atoms with Gasteiger partial charge in [0.1, 0.15) is 24.0 Å². The number of halogens is 2. The van der Waals surface area contributed by atoms with Gasteiger partial charge in [0.2, 0.25) is 17.8 Å². The lowest BCUT2D eigenvalue weighted by Crippen LogP contribution is -2.26. The Morgan fingerprint density at radius 3 is 1.95 bits per heavy atom. The molecule has 3 amide bonds. The lowest BCUT2D eigenvalue weighted by atomic mass is 10.1. The number of nitrogens with one attached hydrogen (secondary N) is 7. The zero-order valence-electron chi connectivity index (χ0n) is 45.2. The molecule has 11 rings (SSSR count). The number of benzene rings is 7. The Morgan fingerprint density at radius 1 is 0.651 bits per heavy atom. The Balaban J connectivity index is 0.656. The van der Waals surface area contributed by atoms with Crippen LogP contribution in [0.2, 0.25) is 10.0 Å². The Kier molecular flexibility index (Phi) is 16.6. The topological polar surface area (TPSA) is 265 Å². The zero-order valence-corrected chi connectivity index (χ0v) is 47.5. The second-order valence-corrected chi connectivity index (χ2v) is 21.6. The lowest BCUT2D eigenvalue weighted by molar-refractivity contribution is -0.113. The number of ether oxygens (including phenoxy) is 1. The molecule has 0 saturated heterocycles. The highest BCUT2D eigenvalue weighted by Crippen LogP contribution is 2.36. The minimum atomic E-state index is -4.03. The van der Waals surface area contributed by atoms with E-state index in [9.17, 15) is 28.1 Å². The number of hydrogen-bond donors (Lipinski definition) is 7. The van der Waals surface area contributed by atoms with Crippen LogP contribution in [-0.2, 0) is 19.6 Å². The summed E-state index contributed by atoms with van der Waals surface area (Å²) < 4.78 is 35.4. The molecule has 19 nitrogen and oxygen atoms in total. The number of anilines is 8. The summed E-state index contributed by atoms with van der Waals surface area (Å²) in [4.78, 5) is 65.4. The molecule has 0 atom stereocenters. The first-order valence-electron chi connectivity index (χ1n) is 26.3. The largest absolute Gasteiger partial charge is 0.489 e. The average Bonchev–Trinajstić information content (AvgIpc) is 2.44. The Bertz CT molecular complexity index is 4610. The fourth-order valence-electron chi connectivity index (χ4n) is 9.09. The number of nitrogens with zero attached hydrogens (tertiary/aromatic N) is 6. The summed E-state index contributed by atoms with van der Waals surface area (Å²) in [6, 6.07) is 50.2. The van der Waals surface area contributed by atoms with Crippen LogP contribution < -0.4 is 35.6 Å². The maximum Gasteiger partial charge on any atom is 0.266 e. The van der Waals surface area contributed by atoms with Crippen molar-refractivity contribution in [2.45, 2.75) is 4.90 Å². The number of amides is 3. The van der Waals surface area contributed by atoms with Crippen LogP contribution in [0.3, 0.4) is 0 Å². The number of hydrogen-bond acceptors (Lipinski definition) is 13. The van der Waals surface area contributed by atoms with Gasteiger partial charge in [0.25, 0.3) is 21.8 Å². The third kappa shape index (κ3) is 13.2. The van der Waals surface area contributed by atoms with Gasteiger partial charge in [-0.3, -0.25) is 19.1 Å². The van der Waals surface area contributed by atoms with Crippen molar-refractivity contribution < 1.29 is 27.5 Å². The Hall–Kier alpha value is -11.1. The number of carbonyl (C=O) groups excluding carboxylic acids is 3. The molecule has 0 spiro atoms. The van der Waals surface area contributed by atoms with Crippen LogP contribution in [0.25, 0.3) is 50.4 Å². The molecule has 4 aromatic heterocycles. The molecule has 0 saturated carbocycles. The molecule has 0 radical (unpaired) electrons. The van der Waals surface area contributed by atoms with Gasteiger partial charge in [0.15, 0.2) is 0 Å². The molecule has 424 valence electrons. The molecule has 22 heteroatoms. The average molecular weight is 1200 g/mol. The van der Waals surface area contributed by atoms with Gasteiger partial charge in [-0.15, -0.1) is 0 Å². The van der Waals surface area contributed by atoms with Crippen molar-refractivity contribution in [3.63, 3.8) is 0 Å². The summed E-state index contributed by atoms with van der Waals surface area (Å²) in [5.41, 5.74) is 8.02. The van der Waals surface area contributed by atoms with Gasteiger partial charge in [-0.1, -0.05) is 83.9 Å². The summed E-state index contributed by atoms with van der Waals surface area (Å²) in [5.74, 6) is -0.273. The minimum Gasteiger partial charge on any atom is -0.489 e. The molecule has 7 aromatic carbocycles. The van der Waals surface area contributed by atoms with Crippen molar-refractivity contribution in [1.29, 1.82) is 5.26 Å². The van der Waals surface area contributed by atoms with Gasteiger partial charge in [0, 0.05) is 98.5 Å². The van der Waals surface area contributed by atoms with Crippen LogP contribution in [0.5, 0.6) is 5.75 Å². The first-order valence-corrected chi connectivity index (χ1v) is 28.5. The zero-order chi connectivity index (χ0) is 59.7. The molecule has 0 fully saturated rings. The lowest BCUT2D eigenvalue weighted by Gasteiger charge is -2.19. The quantitative estimate of drug-likeness (QED) is 0.0294. The summed E-state index contributed by atoms with van der Waals surface area (Å²) >= 11 is 13.2. The molecule has 86 heavy (non-hydrogen) atoms. The molecule has 0 unspecified atom stereocenters. The van der Waals surface area contributed by atoms with Crippen molar-refractivity contribution in [2.24, 2.45) is 0 Å². The summed E-state index contributed by atoms with van der Waals surface area (Å²) in [6.45, 7) is 0.0662. The molecule has 0 aliphatic carbocycles. The van der Waals surface area contributed by atoms with Gasteiger partial charge < -0.3 is 40.9 Å². The highest BCUT2D eigenvalue weighted by molar-refractivity contribution is 7.92. The van der Waals surface area contributed by atoms with E-state index in [-0.39, 0.29) is 34.9 Å². The van der Waals surface area contributed by atoms with Crippen LogP contribution >= 0.6 is 23.2 Å². The van der Waals surface area contributed by atoms with E-state index in [4.69, 9.17) is 32.9 Å².